The van der Waals surface area contributed by atoms with Crippen molar-refractivity contribution < 1.29 is 14.7 Å². The number of hydrogen-bond acceptors (Lipinski definition) is 3. The van der Waals surface area contributed by atoms with E-state index in [0.29, 0.717) is 0 Å². The monoisotopic (exact) mass is 227 g/mol. The molecular formula is C13H9NO3. The highest BCUT2D eigenvalue weighted by Gasteiger charge is 2.06. The fraction of sp³-hybridized carbons (Fsp3) is 0. The number of aromatic nitrogens is 1. The second kappa shape index (κ2) is 4.57. The Morgan fingerprint density at radius 2 is 1.94 bits per heavy atom. The number of nitrogens with zero attached hydrogens (tertiary/aromatic N) is 1. The number of carbonyl (C=O) groups excluding carboxylic acids is 1. The van der Waals surface area contributed by atoms with Gasteiger partial charge < -0.3 is 5.11 Å². The zero-order valence-corrected chi connectivity index (χ0v) is 8.83. The summed E-state index contributed by atoms with van der Waals surface area (Å²) in [6.07, 6.45) is 4.15. The molecule has 4 nitrogen and oxygen atoms in total. The van der Waals surface area contributed by atoms with Crippen LogP contribution < -0.4 is 0 Å². The fourth-order valence-corrected chi connectivity index (χ4v) is 1.50. The zero-order valence-electron chi connectivity index (χ0n) is 8.83. The normalized spacial score (nSPS) is 10.8. The number of para-hydroxylation sites is 1. The van der Waals surface area contributed by atoms with Crippen LogP contribution in [0.5, 0.6) is 0 Å². The molecule has 0 bridgehead atoms. The average molecular weight is 227 g/mol. The van der Waals surface area contributed by atoms with E-state index >= 15 is 0 Å². The highest BCUT2D eigenvalue weighted by atomic mass is 16.4. The lowest BCUT2D eigenvalue weighted by Crippen LogP contribution is -2.08. The van der Waals surface area contributed by atoms with E-state index in [1.807, 2.05) is 24.3 Å². The Kier molecular flexibility index (Phi) is 2.96. The van der Waals surface area contributed by atoms with Crippen LogP contribution in [0.1, 0.15) is 5.56 Å². The SMILES string of the molecule is O=C(O)C(=O)/C=C/c1cccc2cccnc12. The largest absolute Gasteiger partial charge is 0.475 e. The van der Waals surface area contributed by atoms with Crippen molar-refractivity contribution in [1.82, 2.24) is 4.98 Å². The molecule has 0 aliphatic heterocycles. The maximum Gasteiger partial charge on any atom is 0.376 e. The smallest absolute Gasteiger partial charge is 0.376 e. The minimum Gasteiger partial charge on any atom is -0.475 e. The first-order valence-corrected chi connectivity index (χ1v) is 4.97. The molecule has 0 atom stereocenters. The van der Waals surface area contributed by atoms with Crippen LogP contribution in [0.3, 0.4) is 0 Å². The number of ketones is 1. The Balaban J connectivity index is 2.43. The molecule has 0 aliphatic rings. The summed E-state index contributed by atoms with van der Waals surface area (Å²) >= 11 is 0. The number of hydrogen-bond donors (Lipinski definition) is 1. The summed E-state index contributed by atoms with van der Waals surface area (Å²) in [6, 6.07) is 9.23. The zero-order chi connectivity index (χ0) is 12.3. The Hall–Kier alpha value is -2.49. The summed E-state index contributed by atoms with van der Waals surface area (Å²) in [5.41, 5.74) is 1.46. The number of benzene rings is 1. The van der Waals surface area contributed by atoms with Crippen LogP contribution in [-0.2, 0) is 9.59 Å². The van der Waals surface area contributed by atoms with Crippen LogP contribution in [0.25, 0.3) is 17.0 Å². The third kappa shape index (κ3) is 2.36. The minimum atomic E-state index is -1.46. The van der Waals surface area contributed by atoms with Gasteiger partial charge in [-0.2, -0.15) is 0 Å². The van der Waals surface area contributed by atoms with Crippen molar-refractivity contribution in [3.05, 3.63) is 48.2 Å². The topological polar surface area (TPSA) is 67.3 Å². The van der Waals surface area contributed by atoms with Gasteiger partial charge in [-0.05, 0) is 18.2 Å². The number of aliphatic carboxylic acids is 1. The molecule has 0 radical (unpaired) electrons. The van der Waals surface area contributed by atoms with Gasteiger partial charge in [0.1, 0.15) is 0 Å². The summed E-state index contributed by atoms with van der Waals surface area (Å²) in [7, 11) is 0. The van der Waals surface area contributed by atoms with Gasteiger partial charge in [0.2, 0.25) is 0 Å². The van der Waals surface area contributed by atoms with Crippen LogP contribution >= 0.6 is 0 Å². The van der Waals surface area contributed by atoms with E-state index in [9.17, 15) is 9.59 Å². The predicted molar refractivity (Wildman–Crippen MR) is 63.4 cm³/mol. The summed E-state index contributed by atoms with van der Waals surface area (Å²) < 4.78 is 0. The molecule has 17 heavy (non-hydrogen) atoms. The number of fused-ring (bicyclic) bond motifs is 1. The van der Waals surface area contributed by atoms with Crippen molar-refractivity contribution in [2.24, 2.45) is 0 Å². The molecule has 1 aromatic heterocycles. The number of pyridine rings is 1. The Labute approximate surface area is 97.2 Å². The van der Waals surface area contributed by atoms with Crippen molar-refractivity contribution in [2.45, 2.75) is 0 Å². The van der Waals surface area contributed by atoms with Crippen molar-refractivity contribution in [2.75, 3.05) is 0 Å². The standard InChI is InChI=1S/C13H9NO3/c15-11(13(16)17)7-6-10-4-1-3-9-5-2-8-14-12(9)10/h1-8H,(H,16,17)/b7-6+. The Morgan fingerprint density at radius 3 is 2.71 bits per heavy atom. The predicted octanol–water partition coefficient (Wildman–Crippen LogP) is 1.90. The molecule has 4 heteroatoms. The highest BCUT2D eigenvalue weighted by Crippen LogP contribution is 2.16. The summed E-state index contributed by atoms with van der Waals surface area (Å²) in [6.45, 7) is 0. The molecule has 84 valence electrons. The van der Waals surface area contributed by atoms with Crippen LogP contribution in [0.2, 0.25) is 0 Å². The van der Waals surface area contributed by atoms with Gasteiger partial charge in [0.25, 0.3) is 5.78 Å². The van der Waals surface area contributed by atoms with Gasteiger partial charge in [0.05, 0.1) is 5.52 Å². The third-order valence-corrected chi connectivity index (χ3v) is 2.29. The highest BCUT2D eigenvalue weighted by molar-refractivity contribution is 6.38. The summed E-state index contributed by atoms with van der Waals surface area (Å²) in [5, 5.41) is 9.40. The molecule has 1 N–H and O–H groups in total. The maximum atomic E-state index is 10.9. The van der Waals surface area contributed by atoms with Crippen molar-refractivity contribution in [3.8, 4) is 0 Å². The van der Waals surface area contributed by atoms with E-state index in [4.69, 9.17) is 5.11 Å². The molecule has 1 heterocycles. The minimum absolute atomic E-state index is 0.720. The summed E-state index contributed by atoms with van der Waals surface area (Å²) in [4.78, 5) is 25.5. The number of carboxylic acid groups (broad SMARTS) is 1. The van der Waals surface area contributed by atoms with E-state index in [2.05, 4.69) is 4.98 Å². The molecule has 2 rings (SSSR count). The van der Waals surface area contributed by atoms with Gasteiger partial charge in [-0.15, -0.1) is 0 Å². The van der Waals surface area contributed by atoms with E-state index in [-0.39, 0.29) is 0 Å². The fourth-order valence-electron chi connectivity index (χ4n) is 1.50. The van der Waals surface area contributed by atoms with E-state index in [1.54, 1.807) is 12.3 Å². The van der Waals surface area contributed by atoms with E-state index in [1.165, 1.54) is 6.08 Å². The van der Waals surface area contributed by atoms with Gasteiger partial charge in [0, 0.05) is 17.1 Å². The van der Waals surface area contributed by atoms with Crippen LogP contribution in [0.4, 0.5) is 0 Å². The van der Waals surface area contributed by atoms with Crippen molar-refractivity contribution >= 4 is 28.7 Å². The lowest BCUT2D eigenvalue weighted by atomic mass is 10.1. The molecule has 0 unspecified atom stereocenters. The van der Waals surface area contributed by atoms with Gasteiger partial charge in [-0.3, -0.25) is 9.78 Å². The van der Waals surface area contributed by atoms with Crippen molar-refractivity contribution in [1.29, 1.82) is 0 Å². The molecular weight excluding hydrogens is 218 g/mol. The van der Waals surface area contributed by atoms with Gasteiger partial charge >= 0.3 is 5.97 Å². The molecule has 0 spiro atoms. The number of carbonyl (C=O) groups is 2. The molecule has 0 amide bonds. The lowest BCUT2D eigenvalue weighted by Gasteiger charge is -1.99. The molecule has 0 fully saturated rings. The number of carboxylic acids is 1. The molecule has 0 saturated heterocycles. The first-order chi connectivity index (χ1) is 8.18. The van der Waals surface area contributed by atoms with Crippen LogP contribution in [0.15, 0.2) is 42.6 Å². The van der Waals surface area contributed by atoms with Gasteiger partial charge in [-0.1, -0.05) is 24.3 Å². The average Bonchev–Trinajstić information content (AvgIpc) is 2.35. The van der Waals surface area contributed by atoms with E-state index < -0.39 is 11.8 Å². The number of rotatable bonds is 3. The Bertz CT molecular complexity index is 612. The van der Waals surface area contributed by atoms with Gasteiger partial charge in [-0.25, -0.2) is 4.79 Å². The van der Waals surface area contributed by atoms with Gasteiger partial charge in [0.15, 0.2) is 0 Å². The molecule has 1 aromatic carbocycles. The summed E-state index contributed by atoms with van der Waals surface area (Å²) in [5.74, 6) is -2.41. The second-order valence-corrected chi connectivity index (χ2v) is 3.43. The molecule has 2 aromatic rings. The molecule has 0 saturated carbocycles. The Morgan fingerprint density at radius 1 is 1.18 bits per heavy atom. The first-order valence-electron chi connectivity index (χ1n) is 4.97. The van der Waals surface area contributed by atoms with E-state index in [0.717, 1.165) is 22.5 Å². The second-order valence-electron chi connectivity index (χ2n) is 3.43. The third-order valence-electron chi connectivity index (χ3n) is 2.29. The quantitative estimate of drug-likeness (QED) is 0.642. The first kappa shape index (κ1) is 11.0. The lowest BCUT2D eigenvalue weighted by molar-refractivity contribution is -0.146. The van der Waals surface area contributed by atoms with Crippen LogP contribution in [-0.4, -0.2) is 21.8 Å². The molecule has 0 aliphatic carbocycles. The van der Waals surface area contributed by atoms with Crippen LogP contribution in [0, 0.1) is 0 Å². The maximum absolute atomic E-state index is 10.9. The van der Waals surface area contributed by atoms with Crippen molar-refractivity contribution in [3.63, 3.8) is 0 Å².